The van der Waals surface area contributed by atoms with Gasteiger partial charge in [0.05, 0.1) is 12.2 Å². The van der Waals surface area contributed by atoms with Crippen LogP contribution < -0.4 is 5.32 Å². The molecule has 0 aromatic heterocycles. The van der Waals surface area contributed by atoms with Gasteiger partial charge >= 0.3 is 5.97 Å². The SMILES string of the molecule is CS(=O)(=O)N1CCC(C(=O)NCC(C(=O)O)c2ccccc2)CC1. The first-order valence-electron chi connectivity index (χ1n) is 7.79. The maximum absolute atomic E-state index is 12.2. The maximum atomic E-state index is 12.2. The van der Waals surface area contributed by atoms with Gasteiger partial charge in [0, 0.05) is 25.6 Å². The average molecular weight is 354 g/mol. The molecule has 1 aromatic carbocycles. The van der Waals surface area contributed by atoms with Gasteiger partial charge in [-0.05, 0) is 18.4 Å². The maximum Gasteiger partial charge on any atom is 0.312 e. The molecule has 1 heterocycles. The van der Waals surface area contributed by atoms with Gasteiger partial charge in [-0.25, -0.2) is 12.7 Å². The lowest BCUT2D eigenvalue weighted by molar-refractivity contribution is -0.138. The van der Waals surface area contributed by atoms with Gasteiger partial charge in [0.2, 0.25) is 15.9 Å². The number of carboxylic acid groups (broad SMARTS) is 1. The monoisotopic (exact) mass is 354 g/mol. The molecule has 1 unspecified atom stereocenters. The van der Waals surface area contributed by atoms with E-state index in [1.165, 1.54) is 4.31 Å². The van der Waals surface area contributed by atoms with Crippen molar-refractivity contribution >= 4 is 21.9 Å². The second-order valence-corrected chi connectivity index (χ2v) is 7.97. The Morgan fingerprint density at radius 2 is 1.83 bits per heavy atom. The molecule has 2 N–H and O–H groups in total. The van der Waals surface area contributed by atoms with E-state index in [2.05, 4.69) is 5.32 Å². The molecule has 0 spiro atoms. The molecule has 1 fully saturated rings. The van der Waals surface area contributed by atoms with Crippen LogP contribution in [0.2, 0.25) is 0 Å². The summed E-state index contributed by atoms with van der Waals surface area (Å²) in [4.78, 5) is 23.7. The number of sulfonamides is 1. The fraction of sp³-hybridized carbons (Fsp3) is 0.500. The molecule has 24 heavy (non-hydrogen) atoms. The molecule has 1 amide bonds. The minimum absolute atomic E-state index is 0.0183. The van der Waals surface area contributed by atoms with Crippen molar-refractivity contribution in [1.82, 2.24) is 9.62 Å². The fourth-order valence-corrected chi connectivity index (χ4v) is 3.70. The van der Waals surface area contributed by atoms with E-state index in [0.717, 1.165) is 6.26 Å². The Balaban J connectivity index is 1.90. The van der Waals surface area contributed by atoms with Gasteiger partial charge in [-0.15, -0.1) is 0 Å². The van der Waals surface area contributed by atoms with Gasteiger partial charge in [-0.3, -0.25) is 9.59 Å². The summed E-state index contributed by atoms with van der Waals surface area (Å²) in [5, 5.41) is 12.0. The van der Waals surface area contributed by atoms with Crippen molar-refractivity contribution in [2.75, 3.05) is 25.9 Å². The van der Waals surface area contributed by atoms with Crippen LogP contribution in [-0.2, 0) is 19.6 Å². The molecule has 1 aliphatic heterocycles. The number of hydrogen-bond donors (Lipinski definition) is 2. The zero-order valence-electron chi connectivity index (χ0n) is 13.5. The first-order valence-corrected chi connectivity index (χ1v) is 9.64. The second kappa shape index (κ2) is 7.76. The Morgan fingerprint density at radius 1 is 1.25 bits per heavy atom. The van der Waals surface area contributed by atoms with E-state index in [1.807, 2.05) is 0 Å². The quantitative estimate of drug-likeness (QED) is 0.780. The molecule has 1 aliphatic rings. The van der Waals surface area contributed by atoms with E-state index in [4.69, 9.17) is 0 Å². The number of piperidine rings is 1. The second-order valence-electron chi connectivity index (χ2n) is 5.98. The fourth-order valence-electron chi connectivity index (χ4n) is 2.83. The van der Waals surface area contributed by atoms with Gasteiger partial charge in [0.1, 0.15) is 0 Å². The first-order chi connectivity index (χ1) is 11.3. The number of benzene rings is 1. The summed E-state index contributed by atoms with van der Waals surface area (Å²) in [6.45, 7) is 0.653. The molecule has 1 saturated heterocycles. The molecule has 0 saturated carbocycles. The number of carbonyl (C=O) groups is 2. The van der Waals surface area contributed by atoms with Crippen molar-refractivity contribution in [3.05, 3.63) is 35.9 Å². The number of carbonyl (C=O) groups excluding carboxylic acids is 1. The minimum Gasteiger partial charge on any atom is -0.481 e. The topological polar surface area (TPSA) is 104 Å². The van der Waals surface area contributed by atoms with Crippen LogP contribution in [0.1, 0.15) is 24.3 Å². The summed E-state index contributed by atoms with van der Waals surface area (Å²) in [6, 6.07) is 8.75. The van der Waals surface area contributed by atoms with Crippen molar-refractivity contribution in [2.24, 2.45) is 5.92 Å². The number of nitrogens with zero attached hydrogens (tertiary/aromatic N) is 1. The van der Waals surface area contributed by atoms with Crippen molar-refractivity contribution in [1.29, 1.82) is 0 Å². The molecule has 0 radical (unpaired) electrons. The summed E-state index contributed by atoms with van der Waals surface area (Å²) in [5.74, 6) is -2.29. The van der Waals surface area contributed by atoms with Crippen molar-refractivity contribution in [3.63, 3.8) is 0 Å². The van der Waals surface area contributed by atoms with Crippen LogP contribution in [-0.4, -0.2) is 55.6 Å². The van der Waals surface area contributed by atoms with Crippen molar-refractivity contribution in [3.8, 4) is 0 Å². The van der Waals surface area contributed by atoms with Crippen LogP contribution in [0.5, 0.6) is 0 Å². The largest absolute Gasteiger partial charge is 0.481 e. The Kier molecular flexibility index (Phi) is 5.95. The number of hydrogen-bond acceptors (Lipinski definition) is 4. The standard InChI is InChI=1S/C16H22N2O5S/c1-24(22,23)18-9-7-13(8-10-18)15(19)17-11-14(16(20)21)12-5-3-2-4-6-12/h2-6,13-14H,7-11H2,1H3,(H,17,19)(H,20,21). The molecule has 132 valence electrons. The van der Waals surface area contributed by atoms with Crippen LogP contribution in [0, 0.1) is 5.92 Å². The number of carboxylic acids is 1. The van der Waals surface area contributed by atoms with E-state index in [0.29, 0.717) is 31.5 Å². The third-order valence-electron chi connectivity index (χ3n) is 4.27. The number of nitrogens with one attached hydrogen (secondary N) is 1. The van der Waals surface area contributed by atoms with Crippen LogP contribution in [0.25, 0.3) is 0 Å². The summed E-state index contributed by atoms with van der Waals surface area (Å²) in [6.07, 6.45) is 2.05. The van der Waals surface area contributed by atoms with Gasteiger partial charge in [0.25, 0.3) is 0 Å². The number of aliphatic carboxylic acids is 1. The van der Waals surface area contributed by atoms with E-state index >= 15 is 0 Å². The molecule has 1 atom stereocenters. The number of rotatable bonds is 6. The van der Waals surface area contributed by atoms with Crippen LogP contribution >= 0.6 is 0 Å². The van der Waals surface area contributed by atoms with Crippen molar-refractivity contribution < 1.29 is 23.1 Å². The molecule has 0 bridgehead atoms. The molecule has 8 heteroatoms. The normalized spacial score (nSPS) is 18.0. The Morgan fingerprint density at radius 3 is 2.33 bits per heavy atom. The Labute approximate surface area is 141 Å². The average Bonchev–Trinajstić information content (AvgIpc) is 2.55. The molecular weight excluding hydrogens is 332 g/mol. The van der Waals surface area contributed by atoms with Gasteiger partial charge in [-0.2, -0.15) is 0 Å². The summed E-state index contributed by atoms with van der Waals surface area (Å²) in [7, 11) is -3.22. The van der Waals surface area contributed by atoms with Crippen LogP contribution in [0.4, 0.5) is 0 Å². The lowest BCUT2D eigenvalue weighted by Crippen LogP contribution is -2.43. The highest BCUT2D eigenvalue weighted by atomic mass is 32.2. The van der Waals surface area contributed by atoms with Gasteiger partial charge in [-0.1, -0.05) is 30.3 Å². The zero-order chi connectivity index (χ0) is 17.7. The van der Waals surface area contributed by atoms with E-state index in [9.17, 15) is 23.1 Å². The zero-order valence-corrected chi connectivity index (χ0v) is 14.3. The van der Waals surface area contributed by atoms with E-state index in [1.54, 1.807) is 30.3 Å². The lowest BCUT2D eigenvalue weighted by Gasteiger charge is -2.29. The minimum atomic E-state index is -3.22. The first kappa shape index (κ1) is 18.4. The molecule has 1 aromatic rings. The smallest absolute Gasteiger partial charge is 0.312 e. The van der Waals surface area contributed by atoms with Gasteiger partial charge < -0.3 is 10.4 Å². The lowest BCUT2D eigenvalue weighted by atomic mass is 9.95. The third kappa shape index (κ3) is 4.78. The highest BCUT2D eigenvalue weighted by Crippen LogP contribution is 2.20. The summed E-state index contributed by atoms with van der Waals surface area (Å²) >= 11 is 0. The molecule has 7 nitrogen and oxygen atoms in total. The van der Waals surface area contributed by atoms with Crippen LogP contribution in [0.15, 0.2) is 30.3 Å². The summed E-state index contributed by atoms with van der Waals surface area (Å²) < 4.78 is 24.3. The predicted molar refractivity (Wildman–Crippen MR) is 89.0 cm³/mol. The Bertz CT molecular complexity index is 682. The molecule has 0 aliphatic carbocycles. The van der Waals surface area contributed by atoms with E-state index < -0.39 is 21.9 Å². The molecule has 2 rings (SSSR count). The molecular formula is C16H22N2O5S. The highest BCUT2D eigenvalue weighted by Gasteiger charge is 2.29. The Hall–Kier alpha value is -1.93. The third-order valence-corrected chi connectivity index (χ3v) is 5.58. The van der Waals surface area contributed by atoms with Crippen molar-refractivity contribution in [2.45, 2.75) is 18.8 Å². The highest BCUT2D eigenvalue weighted by molar-refractivity contribution is 7.88. The number of amides is 1. The van der Waals surface area contributed by atoms with Crippen LogP contribution in [0.3, 0.4) is 0 Å². The van der Waals surface area contributed by atoms with Gasteiger partial charge in [0.15, 0.2) is 0 Å². The predicted octanol–water partition coefficient (Wildman–Crippen LogP) is 0.643. The summed E-state index contributed by atoms with van der Waals surface area (Å²) in [5.41, 5.74) is 0.636. The van der Waals surface area contributed by atoms with E-state index in [-0.39, 0.29) is 18.4 Å².